The molecule has 0 unspecified atom stereocenters. The molecule has 0 atom stereocenters. The number of hydrogen-bond donors (Lipinski definition) is 2. The van der Waals surface area contributed by atoms with Crippen LogP contribution in [0.3, 0.4) is 0 Å². The van der Waals surface area contributed by atoms with Gasteiger partial charge in [0.15, 0.2) is 0 Å². The van der Waals surface area contributed by atoms with Gasteiger partial charge in [-0.3, -0.25) is 4.79 Å². The zero-order valence-electron chi connectivity index (χ0n) is 14.3. The maximum atomic E-state index is 12.3. The van der Waals surface area contributed by atoms with Crippen LogP contribution in [0.5, 0.6) is 0 Å². The molecule has 3 aromatic rings. The molecule has 0 bridgehead atoms. The maximum Gasteiger partial charge on any atom is 0.270 e. The molecule has 1 heterocycles. The van der Waals surface area contributed by atoms with Crippen LogP contribution in [0.2, 0.25) is 0 Å². The highest BCUT2D eigenvalue weighted by atomic mass is 16.1. The van der Waals surface area contributed by atoms with E-state index in [1.54, 1.807) is 6.07 Å². The molecule has 0 spiro atoms. The Hall–Kier alpha value is -3.21. The number of nitrogens with one attached hydrogen (secondary N) is 2. The van der Waals surface area contributed by atoms with Gasteiger partial charge in [0.2, 0.25) is 0 Å². The average molecular weight is 332 g/mol. The lowest BCUT2D eigenvalue weighted by Gasteiger charge is -2.10. The molecular formula is C20H20N4O. The second-order valence-electron chi connectivity index (χ2n) is 5.90. The van der Waals surface area contributed by atoms with Crippen molar-refractivity contribution in [2.24, 2.45) is 0 Å². The standard InChI is InChI=1S/C20H20N4O/c1-14-8-9-17(15(2)10-14)24-19-11-18(22-13-23-19)20(25)21-12-16-6-4-3-5-7-16/h3-11,13H,12H2,1-2H3,(H,21,25)(H,22,23,24). The summed E-state index contributed by atoms with van der Waals surface area (Å²) in [4.78, 5) is 20.6. The van der Waals surface area contributed by atoms with Crippen LogP contribution in [-0.4, -0.2) is 15.9 Å². The highest BCUT2D eigenvalue weighted by molar-refractivity contribution is 5.92. The summed E-state index contributed by atoms with van der Waals surface area (Å²) in [5, 5.41) is 6.11. The monoisotopic (exact) mass is 332 g/mol. The molecule has 126 valence electrons. The van der Waals surface area contributed by atoms with Gasteiger partial charge in [0.1, 0.15) is 17.8 Å². The van der Waals surface area contributed by atoms with Crippen molar-refractivity contribution in [3.8, 4) is 0 Å². The third kappa shape index (κ3) is 4.41. The summed E-state index contributed by atoms with van der Waals surface area (Å²) in [5.74, 6) is 0.363. The largest absolute Gasteiger partial charge is 0.347 e. The lowest BCUT2D eigenvalue weighted by Crippen LogP contribution is -2.24. The number of rotatable bonds is 5. The third-order valence-corrected chi connectivity index (χ3v) is 3.84. The van der Waals surface area contributed by atoms with E-state index in [2.05, 4.69) is 33.6 Å². The van der Waals surface area contributed by atoms with E-state index in [0.29, 0.717) is 18.1 Å². The summed E-state index contributed by atoms with van der Waals surface area (Å²) in [5.41, 5.74) is 4.65. The van der Waals surface area contributed by atoms with Crippen molar-refractivity contribution in [2.45, 2.75) is 20.4 Å². The summed E-state index contributed by atoms with van der Waals surface area (Å²) in [6.07, 6.45) is 1.39. The highest BCUT2D eigenvalue weighted by Gasteiger charge is 2.09. The van der Waals surface area contributed by atoms with E-state index >= 15 is 0 Å². The second kappa shape index (κ2) is 7.57. The number of carbonyl (C=O) groups is 1. The fraction of sp³-hybridized carbons (Fsp3) is 0.150. The van der Waals surface area contributed by atoms with E-state index < -0.39 is 0 Å². The molecule has 0 aliphatic carbocycles. The molecule has 0 fully saturated rings. The van der Waals surface area contributed by atoms with Gasteiger partial charge < -0.3 is 10.6 Å². The molecule has 0 aliphatic heterocycles. The molecule has 2 aromatic carbocycles. The molecule has 25 heavy (non-hydrogen) atoms. The van der Waals surface area contributed by atoms with Crippen LogP contribution in [-0.2, 0) is 6.54 Å². The van der Waals surface area contributed by atoms with E-state index in [1.807, 2.05) is 49.4 Å². The Morgan fingerprint density at radius 2 is 1.80 bits per heavy atom. The van der Waals surface area contributed by atoms with Crippen LogP contribution >= 0.6 is 0 Å². The minimum absolute atomic E-state index is 0.227. The fourth-order valence-corrected chi connectivity index (χ4v) is 2.51. The minimum Gasteiger partial charge on any atom is -0.347 e. The van der Waals surface area contributed by atoms with Crippen molar-refractivity contribution < 1.29 is 4.79 Å². The fourth-order valence-electron chi connectivity index (χ4n) is 2.51. The summed E-state index contributed by atoms with van der Waals surface area (Å²) < 4.78 is 0. The van der Waals surface area contributed by atoms with E-state index in [0.717, 1.165) is 16.8 Å². The van der Waals surface area contributed by atoms with Crippen molar-refractivity contribution in [2.75, 3.05) is 5.32 Å². The Morgan fingerprint density at radius 3 is 2.56 bits per heavy atom. The first kappa shape index (κ1) is 16.6. The van der Waals surface area contributed by atoms with Gasteiger partial charge in [0.05, 0.1) is 0 Å². The molecule has 0 radical (unpaired) electrons. The summed E-state index contributed by atoms with van der Waals surface area (Å²) in [6.45, 7) is 4.55. The normalized spacial score (nSPS) is 10.3. The van der Waals surface area contributed by atoms with Crippen LogP contribution in [0.1, 0.15) is 27.2 Å². The Labute approximate surface area is 147 Å². The maximum absolute atomic E-state index is 12.3. The lowest BCUT2D eigenvalue weighted by atomic mass is 10.1. The third-order valence-electron chi connectivity index (χ3n) is 3.84. The first-order valence-electron chi connectivity index (χ1n) is 8.10. The van der Waals surface area contributed by atoms with Gasteiger partial charge in [-0.15, -0.1) is 0 Å². The Kier molecular flexibility index (Phi) is 5.04. The number of nitrogens with zero attached hydrogens (tertiary/aromatic N) is 2. The van der Waals surface area contributed by atoms with E-state index in [1.165, 1.54) is 11.9 Å². The zero-order valence-corrected chi connectivity index (χ0v) is 14.3. The van der Waals surface area contributed by atoms with Gasteiger partial charge in [-0.1, -0.05) is 48.0 Å². The van der Waals surface area contributed by atoms with Crippen LogP contribution in [0.4, 0.5) is 11.5 Å². The molecule has 5 nitrogen and oxygen atoms in total. The molecule has 0 aliphatic rings. The van der Waals surface area contributed by atoms with Crippen LogP contribution in [0, 0.1) is 13.8 Å². The molecule has 1 amide bonds. The van der Waals surface area contributed by atoms with E-state index in [9.17, 15) is 4.79 Å². The molecule has 1 aromatic heterocycles. The van der Waals surface area contributed by atoms with Gasteiger partial charge in [-0.25, -0.2) is 9.97 Å². The zero-order chi connectivity index (χ0) is 17.6. The number of carbonyl (C=O) groups excluding carboxylic acids is 1. The van der Waals surface area contributed by atoms with Crippen molar-refractivity contribution in [1.82, 2.24) is 15.3 Å². The topological polar surface area (TPSA) is 66.9 Å². The van der Waals surface area contributed by atoms with Gasteiger partial charge in [-0.2, -0.15) is 0 Å². The quantitative estimate of drug-likeness (QED) is 0.746. The van der Waals surface area contributed by atoms with E-state index in [-0.39, 0.29) is 5.91 Å². The number of amides is 1. The minimum atomic E-state index is -0.227. The first-order valence-corrected chi connectivity index (χ1v) is 8.10. The van der Waals surface area contributed by atoms with Crippen LogP contribution in [0.15, 0.2) is 60.9 Å². The summed E-state index contributed by atoms with van der Waals surface area (Å²) in [6, 6.07) is 17.5. The SMILES string of the molecule is Cc1ccc(Nc2cc(C(=O)NCc3ccccc3)ncn2)c(C)c1. The molecule has 0 saturated heterocycles. The average Bonchev–Trinajstić information content (AvgIpc) is 2.63. The van der Waals surface area contributed by atoms with Crippen molar-refractivity contribution in [1.29, 1.82) is 0 Å². The van der Waals surface area contributed by atoms with Crippen molar-refractivity contribution in [3.05, 3.63) is 83.3 Å². The Bertz CT molecular complexity index is 878. The van der Waals surface area contributed by atoms with Crippen LogP contribution < -0.4 is 10.6 Å². The number of benzene rings is 2. The molecule has 3 rings (SSSR count). The van der Waals surface area contributed by atoms with Gasteiger partial charge in [0.25, 0.3) is 5.91 Å². The molecular weight excluding hydrogens is 312 g/mol. The number of anilines is 2. The van der Waals surface area contributed by atoms with E-state index in [4.69, 9.17) is 0 Å². The highest BCUT2D eigenvalue weighted by Crippen LogP contribution is 2.20. The number of aryl methyl sites for hydroxylation is 2. The van der Waals surface area contributed by atoms with Crippen molar-refractivity contribution >= 4 is 17.4 Å². The summed E-state index contributed by atoms with van der Waals surface area (Å²) in [7, 11) is 0. The van der Waals surface area contributed by atoms with Gasteiger partial charge in [-0.05, 0) is 31.0 Å². The molecule has 5 heteroatoms. The van der Waals surface area contributed by atoms with Gasteiger partial charge >= 0.3 is 0 Å². The van der Waals surface area contributed by atoms with Crippen molar-refractivity contribution in [3.63, 3.8) is 0 Å². The molecule has 0 saturated carbocycles. The summed E-state index contributed by atoms with van der Waals surface area (Å²) >= 11 is 0. The lowest BCUT2D eigenvalue weighted by molar-refractivity contribution is 0.0946. The Morgan fingerprint density at radius 1 is 1.00 bits per heavy atom. The van der Waals surface area contributed by atoms with Crippen LogP contribution in [0.25, 0.3) is 0 Å². The predicted molar refractivity (Wildman–Crippen MR) is 98.8 cm³/mol. The van der Waals surface area contributed by atoms with Gasteiger partial charge in [0, 0.05) is 18.3 Å². The predicted octanol–water partition coefficient (Wildman–Crippen LogP) is 3.77. The number of hydrogen-bond acceptors (Lipinski definition) is 4. The Balaban J connectivity index is 1.69. The smallest absolute Gasteiger partial charge is 0.270 e. The first-order chi connectivity index (χ1) is 12.1. The number of aromatic nitrogens is 2. The second-order valence-corrected chi connectivity index (χ2v) is 5.90. The molecule has 2 N–H and O–H groups in total.